The molecule has 2 amide bonds. The van der Waals surface area contributed by atoms with Gasteiger partial charge >= 0.3 is 6.09 Å². The standard InChI is InChI=1S/C15H20N2O4/c1-10(2)21-15(19)16-11-8-14(18)17(9-11)12-4-6-13(20-3)7-5-12/h4-7,10-11H,8-9H2,1-3H3,(H,16,19)/t11-/m1/s1. The zero-order valence-corrected chi connectivity index (χ0v) is 12.5. The molecule has 1 aliphatic rings. The van der Waals surface area contributed by atoms with Crippen LogP contribution in [0.4, 0.5) is 10.5 Å². The average Bonchev–Trinajstić information content (AvgIpc) is 2.78. The molecule has 21 heavy (non-hydrogen) atoms. The predicted octanol–water partition coefficient (Wildman–Crippen LogP) is 1.94. The lowest BCUT2D eigenvalue weighted by atomic mass is 10.2. The van der Waals surface area contributed by atoms with E-state index in [0.717, 1.165) is 11.4 Å². The Morgan fingerprint density at radius 2 is 2.00 bits per heavy atom. The van der Waals surface area contributed by atoms with Crippen LogP contribution in [0.25, 0.3) is 0 Å². The summed E-state index contributed by atoms with van der Waals surface area (Å²) in [6, 6.07) is 7.02. The van der Waals surface area contributed by atoms with E-state index in [0.29, 0.717) is 6.54 Å². The van der Waals surface area contributed by atoms with Gasteiger partial charge in [-0.3, -0.25) is 4.79 Å². The van der Waals surface area contributed by atoms with Crippen molar-refractivity contribution in [2.45, 2.75) is 32.4 Å². The predicted molar refractivity (Wildman–Crippen MR) is 78.5 cm³/mol. The summed E-state index contributed by atoms with van der Waals surface area (Å²) >= 11 is 0. The number of hydrogen-bond acceptors (Lipinski definition) is 4. The number of anilines is 1. The van der Waals surface area contributed by atoms with Crippen molar-refractivity contribution in [3.8, 4) is 5.75 Å². The van der Waals surface area contributed by atoms with Crippen LogP contribution >= 0.6 is 0 Å². The number of ether oxygens (including phenoxy) is 2. The number of methoxy groups -OCH3 is 1. The highest BCUT2D eigenvalue weighted by Crippen LogP contribution is 2.24. The number of amides is 2. The van der Waals surface area contributed by atoms with Gasteiger partial charge in [0, 0.05) is 18.7 Å². The monoisotopic (exact) mass is 292 g/mol. The molecule has 0 aliphatic carbocycles. The maximum atomic E-state index is 12.0. The van der Waals surface area contributed by atoms with Gasteiger partial charge in [0.25, 0.3) is 0 Å². The molecular weight excluding hydrogens is 272 g/mol. The zero-order valence-electron chi connectivity index (χ0n) is 12.5. The minimum Gasteiger partial charge on any atom is -0.497 e. The fraction of sp³-hybridized carbons (Fsp3) is 0.467. The second-order valence-electron chi connectivity index (χ2n) is 5.20. The first kappa shape index (κ1) is 15.2. The van der Waals surface area contributed by atoms with Crippen LogP contribution < -0.4 is 15.0 Å². The summed E-state index contributed by atoms with van der Waals surface area (Å²) in [6.45, 7) is 4.00. The van der Waals surface area contributed by atoms with Gasteiger partial charge in [-0.2, -0.15) is 0 Å². The number of alkyl carbamates (subject to hydrolysis) is 1. The molecule has 1 heterocycles. The third kappa shape index (κ3) is 3.87. The van der Waals surface area contributed by atoms with E-state index in [4.69, 9.17) is 9.47 Å². The van der Waals surface area contributed by atoms with Crippen LogP contribution in [0.5, 0.6) is 5.75 Å². The molecule has 0 aromatic heterocycles. The Hall–Kier alpha value is -2.24. The highest BCUT2D eigenvalue weighted by atomic mass is 16.6. The van der Waals surface area contributed by atoms with Crippen molar-refractivity contribution in [3.05, 3.63) is 24.3 Å². The van der Waals surface area contributed by atoms with Gasteiger partial charge in [0.1, 0.15) is 5.75 Å². The lowest BCUT2D eigenvalue weighted by Gasteiger charge is -2.18. The number of benzene rings is 1. The van der Waals surface area contributed by atoms with Crippen LogP contribution in [-0.4, -0.2) is 37.8 Å². The first-order valence-corrected chi connectivity index (χ1v) is 6.91. The Balaban J connectivity index is 1.97. The molecule has 0 bridgehead atoms. The second kappa shape index (κ2) is 6.47. The van der Waals surface area contributed by atoms with Gasteiger partial charge in [-0.1, -0.05) is 0 Å². The van der Waals surface area contributed by atoms with Crippen molar-refractivity contribution in [2.75, 3.05) is 18.6 Å². The highest BCUT2D eigenvalue weighted by molar-refractivity contribution is 5.96. The molecule has 1 atom stereocenters. The minimum atomic E-state index is -0.487. The Morgan fingerprint density at radius 3 is 2.57 bits per heavy atom. The van der Waals surface area contributed by atoms with Crippen molar-refractivity contribution >= 4 is 17.7 Å². The normalized spacial score (nSPS) is 18.0. The highest BCUT2D eigenvalue weighted by Gasteiger charge is 2.32. The summed E-state index contributed by atoms with van der Waals surface area (Å²) < 4.78 is 10.1. The first-order valence-electron chi connectivity index (χ1n) is 6.91. The molecular formula is C15H20N2O4. The summed E-state index contributed by atoms with van der Waals surface area (Å²) in [5, 5.41) is 2.71. The van der Waals surface area contributed by atoms with Crippen LogP contribution in [0.3, 0.4) is 0 Å². The number of carbonyl (C=O) groups excluding carboxylic acids is 2. The number of rotatable bonds is 4. The molecule has 1 aromatic rings. The second-order valence-corrected chi connectivity index (χ2v) is 5.20. The van der Waals surface area contributed by atoms with Gasteiger partial charge in [0.15, 0.2) is 0 Å². The van der Waals surface area contributed by atoms with Crippen molar-refractivity contribution < 1.29 is 19.1 Å². The van der Waals surface area contributed by atoms with Crippen molar-refractivity contribution in [2.24, 2.45) is 0 Å². The van der Waals surface area contributed by atoms with Crippen molar-refractivity contribution in [3.63, 3.8) is 0 Å². The molecule has 0 spiro atoms. The van der Waals surface area contributed by atoms with Crippen LogP contribution in [0.15, 0.2) is 24.3 Å². The molecule has 1 saturated heterocycles. The minimum absolute atomic E-state index is 0.0185. The molecule has 0 unspecified atom stereocenters. The third-order valence-electron chi connectivity index (χ3n) is 3.17. The molecule has 2 rings (SSSR count). The SMILES string of the molecule is COc1ccc(N2C[C@H](NC(=O)OC(C)C)CC2=O)cc1. The van der Waals surface area contributed by atoms with Crippen molar-refractivity contribution in [1.82, 2.24) is 5.32 Å². The summed E-state index contributed by atoms with van der Waals surface area (Å²) in [6.07, 6.45) is -0.390. The topological polar surface area (TPSA) is 67.9 Å². The van der Waals surface area contributed by atoms with Gasteiger partial charge in [-0.05, 0) is 38.1 Å². The third-order valence-corrected chi connectivity index (χ3v) is 3.17. The Labute approximate surface area is 124 Å². The lowest BCUT2D eigenvalue weighted by molar-refractivity contribution is -0.117. The summed E-state index contributed by atoms with van der Waals surface area (Å²) in [5.41, 5.74) is 0.794. The largest absolute Gasteiger partial charge is 0.497 e. The summed E-state index contributed by atoms with van der Waals surface area (Å²) in [5.74, 6) is 0.718. The fourth-order valence-electron chi connectivity index (χ4n) is 2.23. The lowest BCUT2D eigenvalue weighted by Crippen LogP contribution is -2.38. The number of nitrogens with zero attached hydrogens (tertiary/aromatic N) is 1. The maximum Gasteiger partial charge on any atom is 0.407 e. The average molecular weight is 292 g/mol. The van der Waals surface area contributed by atoms with Crippen molar-refractivity contribution in [1.29, 1.82) is 0 Å². The van der Waals surface area contributed by atoms with E-state index in [9.17, 15) is 9.59 Å². The number of hydrogen-bond donors (Lipinski definition) is 1. The first-order chi connectivity index (χ1) is 9.99. The number of nitrogens with one attached hydrogen (secondary N) is 1. The smallest absolute Gasteiger partial charge is 0.407 e. The Bertz CT molecular complexity index is 513. The molecule has 0 radical (unpaired) electrons. The summed E-state index contributed by atoms with van der Waals surface area (Å²) in [7, 11) is 1.59. The Morgan fingerprint density at radius 1 is 1.33 bits per heavy atom. The zero-order chi connectivity index (χ0) is 15.4. The molecule has 6 nitrogen and oxygen atoms in total. The van der Waals surface area contributed by atoms with Gasteiger partial charge in [0.2, 0.25) is 5.91 Å². The van der Waals surface area contributed by atoms with Crippen LogP contribution in [0.2, 0.25) is 0 Å². The van der Waals surface area contributed by atoms with E-state index >= 15 is 0 Å². The van der Waals surface area contributed by atoms with Crippen LogP contribution in [0, 0.1) is 0 Å². The van der Waals surface area contributed by atoms with Crippen LogP contribution in [-0.2, 0) is 9.53 Å². The van der Waals surface area contributed by atoms with Gasteiger partial charge in [-0.25, -0.2) is 4.79 Å². The Kier molecular flexibility index (Phi) is 4.67. The quantitative estimate of drug-likeness (QED) is 0.921. The van der Waals surface area contributed by atoms with Gasteiger partial charge in [-0.15, -0.1) is 0 Å². The summed E-state index contributed by atoms with van der Waals surface area (Å²) in [4.78, 5) is 25.3. The molecule has 1 N–H and O–H groups in total. The van der Waals surface area contributed by atoms with E-state index in [1.54, 1.807) is 38.0 Å². The number of carbonyl (C=O) groups is 2. The molecule has 1 fully saturated rings. The van der Waals surface area contributed by atoms with Gasteiger partial charge in [0.05, 0.1) is 19.3 Å². The van der Waals surface area contributed by atoms with E-state index in [1.165, 1.54) is 0 Å². The molecule has 0 saturated carbocycles. The fourth-order valence-corrected chi connectivity index (χ4v) is 2.23. The van der Waals surface area contributed by atoms with Gasteiger partial charge < -0.3 is 19.7 Å². The molecule has 6 heteroatoms. The van der Waals surface area contributed by atoms with Crippen LogP contribution in [0.1, 0.15) is 20.3 Å². The molecule has 1 aromatic carbocycles. The van der Waals surface area contributed by atoms with E-state index in [1.807, 2.05) is 12.1 Å². The maximum absolute atomic E-state index is 12.0. The van der Waals surface area contributed by atoms with E-state index in [2.05, 4.69) is 5.32 Å². The van der Waals surface area contributed by atoms with E-state index < -0.39 is 6.09 Å². The molecule has 114 valence electrons. The van der Waals surface area contributed by atoms with E-state index in [-0.39, 0.29) is 24.5 Å². The molecule has 1 aliphatic heterocycles.